The van der Waals surface area contributed by atoms with Crippen molar-refractivity contribution in [3.05, 3.63) is 52.7 Å². The molecule has 2 aromatic heterocycles. The Hall–Kier alpha value is -2.12. The summed E-state index contributed by atoms with van der Waals surface area (Å²) in [7, 11) is 0. The highest BCUT2D eigenvalue weighted by molar-refractivity contribution is 7.16. The van der Waals surface area contributed by atoms with Crippen LogP contribution in [0.2, 0.25) is 0 Å². The molecule has 1 saturated heterocycles. The van der Waals surface area contributed by atoms with Gasteiger partial charge in [0, 0.05) is 18.5 Å². The molecule has 1 aromatic carbocycles. The molecule has 2 atom stereocenters. The number of hydrogen-bond acceptors (Lipinski definition) is 5. The summed E-state index contributed by atoms with van der Waals surface area (Å²) in [5, 5.41) is 13.0. The van der Waals surface area contributed by atoms with Gasteiger partial charge in [-0.2, -0.15) is 0 Å². The predicted molar refractivity (Wildman–Crippen MR) is 93.9 cm³/mol. The van der Waals surface area contributed by atoms with Crippen molar-refractivity contribution in [1.82, 2.24) is 9.97 Å². The lowest BCUT2D eigenvalue weighted by Crippen LogP contribution is -2.26. The van der Waals surface area contributed by atoms with Gasteiger partial charge in [0.1, 0.15) is 28.1 Å². The van der Waals surface area contributed by atoms with Crippen molar-refractivity contribution in [2.24, 2.45) is 0 Å². The van der Waals surface area contributed by atoms with E-state index in [-0.39, 0.29) is 5.56 Å². The maximum Gasteiger partial charge on any atom is 0.141 e. The molecule has 0 saturated carbocycles. The molecule has 4 rings (SSSR count). The number of thiophene rings is 1. The van der Waals surface area contributed by atoms with Crippen molar-refractivity contribution in [3.8, 4) is 0 Å². The number of nitrogens with zero attached hydrogens (tertiary/aromatic N) is 3. The number of anilines is 1. The van der Waals surface area contributed by atoms with Crippen molar-refractivity contribution in [2.45, 2.75) is 31.9 Å². The van der Waals surface area contributed by atoms with Crippen molar-refractivity contribution >= 4 is 27.4 Å². The van der Waals surface area contributed by atoms with E-state index in [2.05, 4.69) is 9.97 Å². The molecule has 1 N–H and O–H groups in total. The number of rotatable bonds is 3. The first-order valence-electron chi connectivity index (χ1n) is 8.20. The Morgan fingerprint density at radius 3 is 2.92 bits per heavy atom. The summed E-state index contributed by atoms with van der Waals surface area (Å²) < 4.78 is 28.0. The fourth-order valence-electron chi connectivity index (χ4n) is 3.37. The highest BCUT2D eigenvalue weighted by Crippen LogP contribution is 2.40. The second kappa shape index (κ2) is 6.31. The molecule has 3 aromatic rings. The van der Waals surface area contributed by atoms with Gasteiger partial charge in [0.2, 0.25) is 0 Å². The minimum atomic E-state index is -0.624. The highest BCUT2D eigenvalue weighted by Gasteiger charge is 2.36. The predicted octanol–water partition coefficient (Wildman–Crippen LogP) is 3.84. The molecular weight excluding hydrogens is 344 g/mol. The molecule has 0 amide bonds. The number of halogens is 2. The topological polar surface area (TPSA) is 49.2 Å². The van der Waals surface area contributed by atoms with Gasteiger partial charge in [-0.15, -0.1) is 11.3 Å². The van der Waals surface area contributed by atoms with Crippen molar-refractivity contribution in [1.29, 1.82) is 0 Å². The number of aromatic nitrogens is 2. The number of fused-ring (bicyclic) bond motifs is 1. The molecule has 25 heavy (non-hydrogen) atoms. The summed E-state index contributed by atoms with van der Waals surface area (Å²) in [5.74, 6) is 0.408. The smallest absolute Gasteiger partial charge is 0.141 e. The van der Waals surface area contributed by atoms with Crippen LogP contribution in [-0.2, 0) is 6.42 Å². The number of aryl methyl sites for hydroxylation is 1. The zero-order valence-corrected chi connectivity index (χ0v) is 14.4. The van der Waals surface area contributed by atoms with E-state index in [4.69, 9.17) is 0 Å². The first-order valence-corrected chi connectivity index (χ1v) is 9.08. The first-order chi connectivity index (χ1) is 12.1. The third-order valence-corrected chi connectivity index (χ3v) is 5.34. The van der Waals surface area contributed by atoms with Crippen LogP contribution in [0, 0.1) is 11.6 Å². The Balaban J connectivity index is 1.86. The van der Waals surface area contributed by atoms with Gasteiger partial charge in [-0.05, 0) is 36.1 Å². The molecule has 7 heteroatoms. The minimum Gasteiger partial charge on any atom is -0.391 e. The van der Waals surface area contributed by atoms with Crippen LogP contribution in [0.3, 0.4) is 0 Å². The third-order valence-electron chi connectivity index (χ3n) is 4.54. The van der Waals surface area contributed by atoms with Crippen LogP contribution in [0.4, 0.5) is 14.6 Å². The zero-order valence-electron chi connectivity index (χ0n) is 13.6. The van der Waals surface area contributed by atoms with Crippen LogP contribution in [0.25, 0.3) is 10.2 Å². The molecule has 1 aliphatic heterocycles. The number of aliphatic hydroxyl groups is 1. The minimum absolute atomic E-state index is 0.247. The van der Waals surface area contributed by atoms with Gasteiger partial charge < -0.3 is 10.0 Å². The van der Waals surface area contributed by atoms with E-state index in [0.29, 0.717) is 31.0 Å². The molecule has 3 heterocycles. The maximum absolute atomic E-state index is 14.3. The van der Waals surface area contributed by atoms with Gasteiger partial charge in [0.15, 0.2) is 0 Å². The molecular formula is C18H17F2N3OS. The Morgan fingerprint density at radius 2 is 2.12 bits per heavy atom. The largest absolute Gasteiger partial charge is 0.391 e. The molecule has 4 nitrogen and oxygen atoms in total. The number of β-amino-alcohol motifs (C(OH)–C–C–N with tert-alkyl or cyclic N) is 1. The SMILES string of the molecule is CCc1nc(N2CC(O)CC2c2cc(F)ccc2F)c2ccsc2n1. The first kappa shape index (κ1) is 16.4. The number of hydrogen-bond donors (Lipinski definition) is 1. The van der Waals surface area contributed by atoms with Crippen molar-refractivity contribution in [2.75, 3.05) is 11.4 Å². The second-order valence-corrected chi connectivity index (χ2v) is 7.07. The zero-order chi connectivity index (χ0) is 17.6. The third kappa shape index (κ3) is 2.87. The van der Waals surface area contributed by atoms with E-state index < -0.39 is 23.8 Å². The monoisotopic (exact) mass is 361 g/mol. The van der Waals surface area contributed by atoms with Crippen LogP contribution in [0.15, 0.2) is 29.6 Å². The summed E-state index contributed by atoms with van der Waals surface area (Å²) in [6.07, 6.45) is 0.384. The normalized spacial score (nSPS) is 20.6. The Morgan fingerprint density at radius 1 is 1.28 bits per heavy atom. The summed E-state index contributed by atoms with van der Waals surface area (Å²) in [4.78, 5) is 11.9. The van der Waals surface area contributed by atoms with Gasteiger partial charge >= 0.3 is 0 Å². The molecule has 0 aliphatic carbocycles. The Kier molecular flexibility index (Phi) is 4.13. The summed E-state index contributed by atoms with van der Waals surface area (Å²) in [6.45, 7) is 2.30. The van der Waals surface area contributed by atoms with Gasteiger partial charge in [0.25, 0.3) is 0 Å². The molecule has 2 unspecified atom stereocenters. The lowest BCUT2D eigenvalue weighted by Gasteiger charge is -2.27. The van der Waals surface area contributed by atoms with E-state index in [1.165, 1.54) is 17.4 Å². The lowest BCUT2D eigenvalue weighted by atomic mass is 10.0. The fraction of sp³-hybridized carbons (Fsp3) is 0.333. The standard InChI is InChI=1S/C18H17F2N3OS/c1-2-16-21-17(12-5-6-25-18(12)22-16)23-9-11(24)8-15(23)13-7-10(19)3-4-14(13)20/h3-7,11,15,24H,2,8-9H2,1H3. The molecule has 0 bridgehead atoms. The van der Waals surface area contributed by atoms with Gasteiger partial charge in [0.05, 0.1) is 17.5 Å². The molecule has 0 radical (unpaired) electrons. The van der Waals surface area contributed by atoms with Gasteiger partial charge in [-0.25, -0.2) is 18.7 Å². The molecule has 130 valence electrons. The number of aliphatic hydroxyl groups excluding tert-OH is 1. The lowest BCUT2D eigenvalue weighted by molar-refractivity contribution is 0.194. The van der Waals surface area contributed by atoms with Gasteiger partial charge in [-0.3, -0.25) is 0 Å². The van der Waals surface area contributed by atoms with Crippen molar-refractivity contribution in [3.63, 3.8) is 0 Å². The van der Waals surface area contributed by atoms with E-state index >= 15 is 0 Å². The van der Waals surface area contributed by atoms with E-state index in [1.807, 2.05) is 23.3 Å². The highest BCUT2D eigenvalue weighted by atomic mass is 32.1. The maximum atomic E-state index is 14.3. The summed E-state index contributed by atoms with van der Waals surface area (Å²) in [6, 6.07) is 4.90. The second-order valence-electron chi connectivity index (χ2n) is 6.18. The van der Waals surface area contributed by atoms with Crippen LogP contribution >= 0.6 is 11.3 Å². The van der Waals surface area contributed by atoms with E-state index in [0.717, 1.165) is 22.3 Å². The van der Waals surface area contributed by atoms with Crippen LogP contribution in [-0.4, -0.2) is 27.7 Å². The average Bonchev–Trinajstić information content (AvgIpc) is 3.22. The van der Waals surface area contributed by atoms with Crippen LogP contribution in [0.1, 0.15) is 30.8 Å². The van der Waals surface area contributed by atoms with Crippen LogP contribution < -0.4 is 4.90 Å². The van der Waals surface area contributed by atoms with E-state index in [9.17, 15) is 13.9 Å². The Bertz CT molecular complexity index is 930. The molecule has 1 aliphatic rings. The quantitative estimate of drug-likeness (QED) is 0.770. The van der Waals surface area contributed by atoms with Gasteiger partial charge in [-0.1, -0.05) is 6.92 Å². The fourth-order valence-corrected chi connectivity index (χ4v) is 4.15. The summed E-state index contributed by atoms with van der Waals surface area (Å²) >= 11 is 1.52. The van der Waals surface area contributed by atoms with E-state index in [1.54, 1.807) is 0 Å². The van der Waals surface area contributed by atoms with Crippen LogP contribution in [0.5, 0.6) is 0 Å². The number of benzene rings is 1. The Labute approximate surface area is 147 Å². The van der Waals surface area contributed by atoms with Crippen molar-refractivity contribution < 1.29 is 13.9 Å². The average molecular weight is 361 g/mol. The summed E-state index contributed by atoms with van der Waals surface area (Å²) in [5.41, 5.74) is 0.247. The molecule has 1 fully saturated rings. The molecule has 0 spiro atoms.